The second-order valence-electron chi connectivity index (χ2n) is 4.24. The van der Waals surface area contributed by atoms with E-state index in [1.807, 2.05) is 0 Å². The maximum absolute atomic E-state index is 5.79. The van der Waals surface area contributed by atoms with Gasteiger partial charge in [0.25, 0.3) is 0 Å². The first kappa shape index (κ1) is 11.1. The molecule has 2 nitrogen and oxygen atoms in total. The zero-order valence-corrected chi connectivity index (χ0v) is 10.5. The van der Waals surface area contributed by atoms with Gasteiger partial charge in [0.2, 0.25) is 0 Å². The Morgan fingerprint density at radius 1 is 1.53 bits per heavy atom. The zero-order valence-electron chi connectivity index (χ0n) is 8.96. The third-order valence-electron chi connectivity index (χ3n) is 2.83. The van der Waals surface area contributed by atoms with Crippen molar-refractivity contribution < 1.29 is 0 Å². The Balaban J connectivity index is 2.13. The SMILES string of the molecule is Cc1cc(C(CN)NC2CC2)ccc1Br. The van der Waals surface area contributed by atoms with E-state index in [9.17, 15) is 0 Å². The Hall–Kier alpha value is -0.380. The summed E-state index contributed by atoms with van der Waals surface area (Å²) in [6.07, 6.45) is 2.60. The summed E-state index contributed by atoms with van der Waals surface area (Å²) in [6.45, 7) is 2.77. The quantitative estimate of drug-likeness (QED) is 0.881. The molecule has 0 amide bonds. The van der Waals surface area contributed by atoms with Gasteiger partial charge in [-0.25, -0.2) is 0 Å². The maximum Gasteiger partial charge on any atom is 0.0446 e. The van der Waals surface area contributed by atoms with Crippen LogP contribution in [0.15, 0.2) is 22.7 Å². The van der Waals surface area contributed by atoms with Gasteiger partial charge in [-0.05, 0) is 37.0 Å². The third kappa shape index (κ3) is 2.80. The predicted octanol–water partition coefficient (Wildman–Crippen LogP) is 2.51. The van der Waals surface area contributed by atoms with Gasteiger partial charge in [-0.3, -0.25) is 0 Å². The Labute approximate surface area is 99.4 Å². The first-order valence-electron chi connectivity index (χ1n) is 5.43. The van der Waals surface area contributed by atoms with Gasteiger partial charge in [0.15, 0.2) is 0 Å². The van der Waals surface area contributed by atoms with Crippen LogP contribution in [-0.4, -0.2) is 12.6 Å². The van der Waals surface area contributed by atoms with E-state index in [-0.39, 0.29) is 0 Å². The lowest BCUT2D eigenvalue weighted by Gasteiger charge is -2.17. The summed E-state index contributed by atoms with van der Waals surface area (Å²) in [5.41, 5.74) is 8.36. The zero-order chi connectivity index (χ0) is 10.8. The summed E-state index contributed by atoms with van der Waals surface area (Å²) in [4.78, 5) is 0. The van der Waals surface area contributed by atoms with Gasteiger partial charge in [0.05, 0.1) is 0 Å². The summed E-state index contributed by atoms with van der Waals surface area (Å²) in [5.74, 6) is 0. The molecule has 2 rings (SSSR count). The monoisotopic (exact) mass is 268 g/mol. The Morgan fingerprint density at radius 3 is 2.80 bits per heavy atom. The van der Waals surface area contributed by atoms with Crippen molar-refractivity contribution in [3.05, 3.63) is 33.8 Å². The van der Waals surface area contributed by atoms with Gasteiger partial charge in [0.1, 0.15) is 0 Å². The standard InChI is InChI=1S/C12H17BrN2/c1-8-6-9(2-5-11(8)13)12(7-14)15-10-3-4-10/h2,5-6,10,12,15H,3-4,7,14H2,1H3. The fourth-order valence-corrected chi connectivity index (χ4v) is 1.97. The molecule has 0 aliphatic heterocycles. The van der Waals surface area contributed by atoms with E-state index in [2.05, 4.69) is 46.4 Å². The molecule has 0 spiro atoms. The van der Waals surface area contributed by atoms with E-state index < -0.39 is 0 Å². The molecule has 1 aliphatic carbocycles. The molecule has 0 aromatic heterocycles. The number of hydrogen-bond acceptors (Lipinski definition) is 2. The summed E-state index contributed by atoms with van der Waals surface area (Å²) in [5, 5.41) is 3.56. The molecule has 15 heavy (non-hydrogen) atoms. The highest BCUT2D eigenvalue weighted by Crippen LogP contribution is 2.25. The molecule has 3 heteroatoms. The minimum atomic E-state index is 0.310. The summed E-state index contributed by atoms with van der Waals surface area (Å²) in [6, 6.07) is 7.45. The molecule has 1 saturated carbocycles. The molecule has 1 aliphatic rings. The van der Waals surface area contributed by atoms with E-state index in [1.165, 1.54) is 24.0 Å². The Kier molecular flexibility index (Phi) is 3.44. The molecule has 0 saturated heterocycles. The molecule has 1 fully saturated rings. The lowest BCUT2D eigenvalue weighted by atomic mass is 10.0. The van der Waals surface area contributed by atoms with Gasteiger partial charge in [-0.15, -0.1) is 0 Å². The number of nitrogens with two attached hydrogens (primary N) is 1. The minimum Gasteiger partial charge on any atom is -0.329 e. The number of nitrogens with one attached hydrogen (secondary N) is 1. The predicted molar refractivity (Wildman–Crippen MR) is 66.8 cm³/mol. The number of rotatable bonds is 4. The molecule has 82 valence electrons. The van der Waals surface area contributed by atoms with Crippen molar-refractivity contribution in [3.8, 4) is 0 Å². The number of benzene rings is 1. The molecule has 0 radical (unpaired) electrons. The second-order valence-corrected chi connectivity index (χ2v) is 5.09. The van der Waals surface area contributed by atoms with E-state index >= 15 is 0 Å². The molecule has 1 aromatic carbocycles. The highest BCUT2D eigenvalue weighted by atomic mass is 79.9. The van der Waals surface area contributed by atoms with Crippen LogP contribution in [0.1, 0.15) is 30.0 Å². The fourth-order valence-electron chi connectivity index (χ4n) is 1.72. The van der Waals surface area contributed by atoms with Gasteiger partial charge in [0, 0.05) is 23.1 Å². The molecule has 0 bridgehead atoms. The average Bonchev–Trinajstić information content (AvgIpc) is 3.02. The topological polar surface area (TPSA) is 38.0 Å². The first-order valence-corrected chi connectivity index (χ1v) is 6.22. The van der Waals surface area contributed by atoms with Gasteiger partial charge >= 0.3 is 0 Å². The lowest BCUT2D eigenvalue weighted by molar-refractivity contribution is 0.538. The highest BCUT2D eigenvalue weighted by molar-refractivity contribution is 9.10. The van der Waals surface area contributed by atoms with Gasteiger partial charge in [-0.2, -0.15) is 0 Å². The molecular weight excluding hydrogens is 252 g/mol. The van der Waals surface area contributed by atoms with Crippen molar-refractivity contribution in [3.63, 3.8) is 0 Å². The van der Waals surface area contributed by atoms with E-state index in [1.54, 1.807) is 0 Å². The highest BCUT2D eigenvalue weighted by Gasteiger charge is 2.24. The summed E-state index contributed by atoms with van der Waals surface area (Å²) < 4.78 is 1.16. The van der Waals surface area contributed by atoms with Crippen LogP contribution in [0.3, 0.4) is 0 Å². The maximum atomic E-state index is 5.79. The molecular formula is C12H17BrN2. The van der Waals surface area contributed by atoms with Crippen LogP contribution in [-0.2, 0) is 0 Å². The van der Waals surface area contributed by atoms with E-state index in [0.29, 0.717) is 18.6 Å². The first-order chi connectivity index (χ1) is 7.20. The normalized spacial score (nSPS) is 17.8. The van der Waals surface area contributed by atoms with Crippen molar-refractivity contribution in [2.75, 3.05) is 6.54 Å². The third-order valence-corrected chi connectivity index (χ3v) is 3.72. The largest absolute Gasteiger partial charge is 0.329 e. The van der Waals surface area contributed by atoms with E-state index in [0.717, 1.165) is 4.47 Å². The van der Waals surface area contributed by atoms with Crippen molar-refractivity contribution in [1.82, 2.24) is 5.32 Å². The van der Waals surface area contributed by atoms with Crippen LogP contribution in [0.2, 0.25) is 0 Å². The smallest absolute Gasteiger partial charge is 0.0446 e. The molecule has 1 unspecified atom stereocenters. The Bertz CT molecular complexity index is 347. The molecule has 1 aromatic rings. The summed E-state index contributed by atoms with van der Waals surface area (Å²) >= 11 is 3.51. The molecule has 1 atom stereocenters. The number of hydrogen-bond donors (Lipinski definition) is 2. The number of aryl methyl sites for hydroxylation is 1. The fraction of sp³-hybridized carbons (Fsp3) is 0.500. The van der Waals surface area contributed by atoms with Crippen molar-refractivity contribution in [2.45, 2.75) is 31.8 Å². The minimum absolute atomic E-state index is 0.310. The summed E-state index contributed by atoms with van der Waals surface area (Å²) in [7, 11) is 0. The van der Waals surface area contributed by atoms with Gasteiger partial charge < -0.3 is 11.1 Å². The van der Waals surface area contributed by atoms with Gasteiger partial charge in [-0.1, -0.05) is 28.1 Å². The van der Waals surface area contributed by atoms with Crippen LogP contribution in [0.5, 0.6) is 0 Å². The van der Waals surface area contributed by atoms with Crippen molar-refractivity contribution in [2.24, 2.45) is 5.73 Å². The van der Waals surface area contributed by atoms with Crippen LogP contribution < -0.4 is 11.1 Å². The van der Waals surface area contributed by atoms with Crippen LogP contribution in [0.25, 0.3) is 0 Å². The molecule has 0 heterocycles. The van der Waals surface area contributed by atoms with Crippen molar-refractivity contribution in [1.29, 1.82) is 0 Å². The van der Waals surface area contributed by atoms with Crippen molar-refractivity contribution >= 4 is 15.9 Å². The Morgan fingerprint density at radius 2 is 2.27 bits per heavy atom. The lowest BCUT2D eigenvalue weighted by Crippen LogP contribution is -2.29. The van der Waals surface area contributed by atoms with Crippen LogP contribution in [0, 0.1) is 6.92 Å². The average molecular weight is 269 g/mol. The molecule has 3 N–H and O–H groups in total. The number of halogens is 1. The van der Waals surface area contributed by atoms with Crippen LogP contribution >= 0.6 is 15.9 Å². The van der Waals surface area contributed by atoms with E-state index in [4.69, 9.17) is 5.73 Å². The van der Waals surface area contributed by atoms with Crippen LogP contribution in [0.4, 0.5) is 0 Å². The second kappa shape index (κ2) is 4.64.